The van der Waals surface area contributed by atoms with Crippen molar-refractivity contribution < 1.29 is 24.5 Å². The third kappa shape index (κ3) is 2.64. The van der Waals surface area contributed by atoms with Gasteiger partial charge in [-0.3, -0.25) is 0 Å². The minimum Gasteiger partial charge on any atom is -0.465 e. The lowest BCUT2D eigenvalue weighted by Crippen LogP contribution is -2.39. The summed E-state index contributed by atoms with van der Waals surface area (Å²) in [5.41, 5.74) is 1.98. The Labute approximate surface area is 129 Å². The monoisotopic (exact) mass is 307 g/mol. The Morgan fingerprint density at radius 2 is 2.23 bits per heavy atom. The molecule has 1 aromatic rings. The molecule has 1 fully saturated rings. The van der Waals surface area contributed by atoms with Crippen LogP contribution in [0, 0.1) is 0 Å². The van der Waals surface area contributed by atoms with E-state index in [0.717, 1.165) is 16.9 Å². The van der Waals surface area contributed by atoms with Crippen LogP contribution in [0.1, 0.15) is 37.3 Å². The molecule has 3 rings (SSSR count). The number of likely N-dealkylation sites (tertiary alicyclic amines) is 1. The topological polar surface area (TPSA) is 79.2 Å². The largest absolute Gasteiger partial charge is 0.465 e. The van der Waals surface area contributed by atoms with E-state index >= 15 is 0 Å². The zero-order chi connectivity index (χ0) is 15.9. The van der Waals surface area contributed by atoms with Gasteiger partial charge in [-0.05, 0) is 24.1 Å². The quantitative estimate of drug-likeness (QED) is 0.875. The molecule has 0 aromatic heterocycles. The van der Waals surface area contributed by atoms with Crippen LogP contribution in [0.15, 0.2) is 18.2 Å². The van der Waals surface area contributed by atoms with Gasteiger partial charge in [0, 0.05) is 31.9 Å². The molecule has 22 heavy (non-hydrogen) atoms. The zero-order valence-corrected chi connectivity index (χ0v) is 12.8. The van der Waals surface area contributed by atoms with Crippen molar-refractivity contribution in [2.75, 3.05) is 13.2 Å². The maximum Gasteiger partial charge on any atom is 0.407 e. The van der Waals surface area contributed by atoms with E-state index in [9.17, 15) is 15.0 Å². The Balaban J connectivity index is 1.86. The summed E-state index contributed by atoms with van der Waals surface area (Å²) in [4.78, 5) is 12.5. The number of carboxylic acid groups (broad SMARTS) is 1. The third-order valence-electron chi connectivity index (χ3n) is 4.42. The van der Waals surface area contributed by atoms with Gasteiger partial charge in [0.1, 0.15) is 5.75 Å². The molecule has 2 aliphatic heterocycles. The molecular weight excluding hydrogens is 286 g/mol. The molecule has 0 saturated carbocycles. The number of aliphatic hydroxyl groups is 1. The molecule has 2 N–H and O–H groups in total. The van der Waals surface area contributed by atoms with Gasteiger partial charge in [-0.25, -0.2) is 4.79 Å². The number of rotatable bonds is 2. The first-order valence-corrected chi connectivity index (χ1v) is 7.47. The second kappa shape index (κ2) is 5.44. The average Bonchev–Trinajstić information content (AvgIpc) is 2.90. The van der Waals surface area contributed by atoms with Crippen molar-refractivity contribution in [2.24, 2.45) is 0 Å². The minimum absolute atomic E-state index is 0.00124. The van der Waals surface area contributed by atoms with E-state index in [1.165, 1.54) is 4.90 Å². The fraction of sp³-hybridized carbons (Fsp3) is 0.562. The van der Waals surface area contributed by atoms with Gasteiger partial charge in [-0.15, -0.1) is 0 Å². The molecule has 0 aliphatic carbocycles. The number of hydrogen-bond acceptors (Lipinski definition) is 4. The summed E-state index contributed by atoms with van der Waals surface area (Å²) in [5.74, 6) is 0.172. The normalized spacial score (nSPS) is 26.4. The smallest absolute Gasteiger partial charge is 0.407 e. The Bertz CT molecular complexity index is 586. The van der Waals surface area contributed by atoms with Gasteiger partial charge in [0.25, 0.3) is 0 Å². The van der Waals surface area contributed by atoms with Crippen molar-refractivity contribution in [3.05, 3.63) is 29.3 Å². The first-order valence-electron chi connectivity index (χ1n) is 7.47. The van der Waals surface area contributed by atoms with E-state index in [1.807, 2.05) is 32.0 Å². The van der Waals surface area contributed by atoms with Crippen LogP contribution in [0.4, 0.5) is 4.79 Å². The van der Waals surface area contributed by atoms with Crippen LogP contribution >= 0.6 is 0 Å². The summed E-state index contributed by atoms with van der Waals surface area (Å²) >= 11 is 0. The van der Waals surface area contributed by atoms with Crippen molar-refractivity contribution in [3.8, 4) is 5.75 Å². The van der Waals surface area contributed by atoms with Crippen LogP contribution < -0.4 is 4.74 Å². The zero-order valence-electron chi connectivity index (χ0n) is 12.8. The van der Waals surface area contributed by atoms with Crippen molar-refractivity contribution in [1.82, 2.24) is 4.90 Å². The van der Waals surface area contributed by atoms with Crippen molar-refractivity contribution in [1.29, 1.82) is 0 Å². The van der Waals surface area contributed by atoms with E-state index in [-0.39, 0.29) is 12.5 Å². The fourth-order valence-corrected chi connectivity index (χ4v) is 3.29. The summed E-state index contributed by atoms with van der Waals surface area (Å²) in [5, 5.41) is 18.8. The highest BCUT2D eigenvalue weighted by molar-refractivity contribution is 5.66. The molecular formula is C16H21NO5. The van der Waals surface area contributed by atoms with Crippen LogP contribution in [0.25, 0.3) is 0 Å². The Morgan fingerprint density at radius 1 is 1.45 bits per heavy atom. The highest BCUT2D eigenvalue weighted by Crippen LogP contribution is 2.38. The van der Waals surface area contributed by atoms with Gasteiger partial charge < -0.3 is 24.6 Å². The predicted octanol–water partition coefficient (Wildman–Crippen LogP) is 2.16. The Kier molecular flexibility index (Phi) is 3.74. The molecule has 1 saturated heterocycles. The molecule has 6 nitrogen and oxygen atoms in total. The summed E-state index contributed by atoms with van der Waals surface area (Å²) < 4.78 is 11.4. The lowest BCUT2D eigenvalue weighted by molar-refractivity contribution is -0.180. The van der Waals surface area contributed by atoms with Crippen LogP contribution in [0.2, 0.25) is 0 Å². The first-order chi connectivity index (χ1) is 10.4. The molecule has 1 amide bonds. The molecule has 2 aliphatic rings. The number of benzene rings is 1. The molecule has 2 heterocycles. The molecule has 120 valence electrons. The highest BCUT2D eigenvalue weighted by atomic mass is 16.7. The van der Waals surface area contributed by atoms with Gasteiger partial charge in [0.05, 0.1) is 19.3 Å². The molecule has 0 radical (unpaired) electrons. The van der Waals surface area contributed by atoms with Crippen LogP contribution in [-0.2, 0) is 11.3 Å². The molecule has 1 aromatic carbocycles. The fourth-order valence-electron chi connectivity index (χ4n) is 3.29. The number of fused-ring (bicyclic) bond motifs is 1. The average molecular weight is 307 g/mol. The van der Waals surface area contributed by atoms with E-state index in [2.05, 4.69) is 0 Å². The summed E-state index contributed by atoms with van der Waals surface area (Å²) in [7, 11) is 0. The maximum absolute atomic E-state index is 11.2. The number of ether oxygens (including phenoxy) is 2. The Hall–Kier alpha value is -1.79. The van der Waals surface area contributed by atoms with Crippen molar-refractivity contribution in [3.63, 3.8) is 0 Å². The molecule has 2 atom stereocenters. The lowest BCUT2D eigenvalue weighted by atomic mass is 9.90. The lowest BCUT2D eigenvalue weighted by Gasteiger charge is -2.33. The van der Waals surface area contributed by atoms with E-state index < -0.39 is 17.9 Å². The Morgan fingerprint density at radius 3 is 2.91 bits per heavy atom. The third-order valence-corrected chi connectivity index (χ3v) is 4.42. The molecule has 6 heteroatoms. The van der Waals surface area contributed by atoms with Crippen molar-refractivity contribution in [2.45, 2.75) is 44.6 Å². The van der Waals surface area contributed by atoms with E-state index in [1.54, 1.807) is 0 Å². The summed E-state index contributed by atoms with van der Waals surface area (Å²) in [6.07, 6.45) is -0.267. The van der Waals surface area contributed by atoms with Gasteiger partial charge in [0.15, 0.2) is 0 Å². The predicted molar refractivity (Wildman–Crippen MR) is 78.9 cm³/mol. The second-order valence-corrected chi connectivity index (χ2v) is 6.28. The molecule has 0 bridgehead atoms. The van der Waals surface area contributed by atoms with Gasteiger partial charge >= 0.3 is 6.09 Å². The first kappa shape index (κ1) is 15.1. The standard InChI is InChI=1S/C16H21NO5/c1-16(2)21-9-11-7-10(3-4-14(11)22-16)12-5-6-17(15(19)20)13(12)8-18/h3-4,7,12-13,18H,5-6,8-9H2,1-2H3,(H,19,20). The van der Waals surface area contributed by atoms with E-state index in [0.29, 0.717) is 19.6 Å². The molecule has 2 unspecified atom stereocenters. The second-order valence-electron chi connectivity index (χ2n) is 6.28. The highest BCUT2D eigenvalue weighted by Gasteiger charge is 2.38. The number of carbonyl (C=O) groups is 1. The van der Waals surface area contributed by atoms with Crippen LogP contribution in [-0.4, -0.2) is 46.2 Å². The van der Waals surface area contributed by atoms with E-state index in [4.69, 9.17) is 9.47 Å². The van der Waals surface area contributed by atoms with Crippen molar-refractivity contribution >= 4 is 6.09 Å². The number of nitrogens with zero attached hydrogens (tertiary/aromatic N) is 1. The number of aliphatic hydroxyl groups excluding tert-OH is 1. The minimum atomic E-state index is -0.979. The van der Waals surface area contributed by atoms with Gasteiger partial charge in [0.2, 0.25) is 5.79 Å². The number of amides is 1. The summed E-state index contributed by atoms with van der Waals surface area (Å²) in [6, 6.07) is 5.48. The summed E-state index contributed by atoms with van der Waals surface area (Å²) in [6.45, 7) is 4.48. The maximum atomic E-state index is 11.2. The SMILES string of the molecule is CC1(C)OCc2cc(C3CCN(C(=O)O)C3CO)ccc2O1. The van der Waals surface area contributed by atoms with Gasteiger partial charge in [-0.1, -0.05) is 6.07 Å². The van der Waals surface area contributed by atoms with Gasteiger partial charge in [-0.2, -0.15) is 0 Å². The van der Waals surface area contributed by atoms with Crippen LogP contribution in [0.3, 0.4) is 0 Å². The van der Waals surface area contributed by atoms with Crippen LogP contribution in [0.5, 0.6) is 5.75 Å². The molecule has 0 spiro atoms. The number of hydrogen-bond donors (Lipinski definition) is 2.